The highest BCUT2D eigenvalue weighted by Gasteiger charge is 2.32. The maximum absolute atomic E-state index is 13.2. The number of hydrogen-bond acceptors (Lipinski definition) is 3. The first-order valence-corrected chi connectivity index (χ1v) is 10.8. The van der Waals surface area contributed by atoms with E-state index in [2.05, 4.69) is 9.71 Å². The van der Waals surface area contributed by atoms with E-state index in [9.17, 15) is 13.2 Å². The lowest BCUT2D eigenvalue weighted by molar-refractivity contribution is 0.0720. The summed E-state index contributed by atoms with van der Waals surface area (Å²) < 4.78 is 29.1. The van der Waals surface area contributed by atoms with Crippen molar-refractivity contribution in [2.24, 2.45) is 0 Å². The number of carbonyl (C=O) groups excluding carboxylic acids is 1. The highest BCUT2D eigenvalue weighted by atomic mass is 32.2. The minimum absolute atomic E-state index is 0.0523. The summed E-state index contributed by atoms with van der Waals surface area (Å²) in [6, 6.07) is 5.49. The first-order chi connectivity index (χ1) is 12.7. The molecule has 2 N–H and O–H groups in total. The zero-order valence-electron chi connectivity index (χ0n) is 16.3. The number of aryl methyl sites for hydroxylation is 3. The summed E-state index contributed by atoms with van der Waals surface area (Å²) in [5, 5.41) is 0. The largest absolute Gasteiger partial charge is 0.361 e. The van der Waals surface area contributed by atoms with E-state index < -0.39 is 10.0 Å². The summed E-state index contributed by atoms with van der Waals surface area (Å²) in [7, 11) is -3.91. The summed E-state index contributed by atoms with van der Waals surface area (Å²) in [4.78, 5) is 17.9. The number of rotatable bonds is 4. The predicted octanol–water partition coefficient (Wildman–Crippen LogP) is 3.68. The standard InChI is InChI=1S/C20H27N3O3S/c1-13-9-8-10-17(14(13)2)22-27(25,26)19-16(4)21-15(3)18(19)20(24)23-11-6-5-7-12-23/h8-10,21-22H,5-7,11-12H2,1-4H3. The average Bonchev–Trinajstić information content (AvgIpc) is 2.94. The molecule has 2 aromatic rings. The third-order valence-corrected chi connectivity index (χ3v) is 6.83. The van der Waals surface area contributed by atoms with Crippen LogP contribution in [-0.2, 0) is 10.0 Å². The highest BCUT2D eigenvalue weighted by Crippen LogP contribution is 2.29. The van der Waals surface area contributed by atoms with Crippen molar-refractivity contribution in [1.29, 1.82) is 0 Å². The Labute approximate surface area is 161 Å². The normalized spacial score (nSPS) is 15.0. The zero-order valence-corrected chi connectivity index (χ0v) is 17.2. The smallest absolute Gasteiger partial charge is 0.264 e. The van der Waals surface area contributed by atoms with Crippen LogP contribution in [0.1, 0.15) is 52.1 Å². The molecule has 6 nitrogen and oxygen atoms in total. The van der Waals surface area contributed by atoms with E-state index in [0.29, 0.717) is 30.2 Å². The van der Waals surface area contributed by atoms with Gasteiger partial charge in [0, 0.05) is 24.5 Å². The van der Waals surface area contributed by atoms with Crippen LogP contribution in [0.15, 0.2) is 23.1 Å². The lowest BCUT2D eigenvalue weighted by atomic mass is 10.1. The van der Waals surface area contributed by atoms with E-state index in [1.54, 1.807) is 24.8 Å². The first kappa shape index (κ1) is 19.5. The Morgan fingerprint density at radius 1 is 1.04 bits per heavy atom. The Balaban J connectivity index is 2.03. The van der Waals surface area contributed by atoms with Crippen molar-refractivity contribution in [3.05, 3.63) is 46.3 Å². The second-order valence-electron chi connectivity index (χ2n) is 7.28. The van der Waals surface area contributed by atoms with Gasteiger partial charge in [0.15, 0.2) is 0 Å². The number of H-pyrrole nitrogens is 1. The van der Waals surface area contributed by atoms with Gasteiger partial charge < -0.3 is 9.88 Å². The highest BCUT2D eigenvalue weighted by molar-refractivity contribution is 7.92. The van der Waals surface area contributed by atoms with Gasteiger partial charge in [-0.3, -0.25) is 9.52 Å². The minimum atomic E-state index is -3.91. The first-order valence-electron chi connectivity index (χ1n) is 9.30. The summed E-state index contributed by atoms with van der Waals surface area (Å²) in [5.74, 6) is -0.210. The van der Waals surface area contributed by atoms with E-state index in [1.807, 2.05) is 26.0 Å². The van der Waals surface area contributed by atoms with E-state index in [-0.39, 0.29) is 16.4 Å². The number of aromatic nitrogens is 1. The molecule has 0 aliphatic carbocycles. The molecule has 1 amide bonds. The molecule has 0 spiro atoms. The molecular formula is C20H27N3O3S. The second kappa shape index (κ2) is 7.38. The Morgan fingerprint density at radius 2 is 1.70 bits per heavy atom. The second-order valence-corrected chi connectivity index (χ2v) is 8.90. The summed E-state index contributed by atoms with van der Waals surface area (Å²) in [5.41, 5.74) is 3.73. The van der Waals surface area contributed by atoms with Crippen LogP contribution in [0.4, 0.5) is 5.69 Å². The van der Waals surface area contributed by atoms with Crippen molar-refractivity contribution in [3.8, 4) is 0 Å². The summed E-state index contributed by atoms with van der Waals surface area (Å²) in [6.45, 7) is 8.60. The number of nitrogens with one attached hydrogen (secondary N) is 2. The van der Waals surface area contributed by atoms with Crippen LogP contribution in [-0.4, -0.2) is 37.3 Å². The van der Waals surface area contributed by atoms with Crippen molar-refractivity contribution in [2.45, 2.75) is 51.9 Å². The molecular weight excluding hydrogens is 362 g/mol. The fourth-order valence-electron chi connectivity index (χ4n) is 3.66. The molecule has 3 rings (SSSR count). The molecule has 1 aromatic heterocycles. The third-order valence-electron chi connectivity index (χ3n) is 5.29. The van der Waals surface area contributed by atoms with Crippen molar-refractivity contribution in [3.63, 3.8) is 0 Å². The Morgan fingerprint density at radius 3 is 2.37 bits per heavy atom. The minimum Gasteiger partial charge on any atom is -0.361 e. The molecule has 7 heteroatoms. The van der Waals surface area contributed by atoms with Gasteiger partial charge in [-0.05, 0) is 64.2 Å². The topological polar surface area (TPSA) is 82.3 Å². The number of benzene rings is 1. The number of sulfonamides is 1. The number of carbonyl (C=O) groups is 1. The van der Waals surface area contributed by atoms with Crippen LogP contribution in [0, 0.1) is 27.7 Å². The zero-order chi connectivity index (χ0) is 19.8. The maximum Gasteiger partial charge on any atom is 0.264 e. The average molecular weight is 390 g/mol. The van der Waals surface area contributed by atoms with Gasteiger partial charge in [-0.2, -0.15) is 0 Å². The molecule has 0 radical (unpaired) electrons. The van der Waals surface area contributed by atoms with Crippen molar-refractivity contribution in [2.75, 3.05) is 17.8 Å². The Bertz CT molecular complexity index is 971. The lowest BCUT2D eigenvalue weighted by Gasteiger charge is -2.27. The van der Waals surface area contributed by atoms with Crippen molar-refractivity contribution in [1.82, 2.24) is 9.88 Å². The number of amides is 1. The molecule has 146 valence electrons. The molecule has 27 heavy (non-hydrogen) atoms. The van der Waals surface area contributed by atoms with Crippen LogP contribution in [0.25, 0.3) is 0 Å². The number of nitrogens with zero attached hydrogens (tertiary/aromatic N) is 1. The van der Waals surface area contributed by atoms with Gasteiger partial charge in [-0.25, -0.2) is 8.42 Å². The van der Waals surface area contributed by atoms with E-state index >= 15 is 0 Å². The molecule has 0 unspecified atom stereocenters. The number of anilines is 1. The SMILES string of the molecule is Cc1cccc(NS(=O)(=O)c2c(C)[nH]c(C)c2C(=O)N2CCCCC2)c1C. The van der Waals surface area contributed by atoms with Crippen LogP contribution in [0.2, 0.25) is 0 Å². The Kier molecular flexibility index (Phi) is 5.33. The van der Waals surface area contributed by atoms with Crippen LogP contribution in [0.3, 0.4) is 0 Å². The fraction of sp³-hybridized carbons (Fsp3) is 0.450. The van der Waals surface area contributed by atoms with Gasteiger partial charge in [0.25, 0.3) is 15.9 Å². The van der Waals surface area contributed by atoms with Crippen LogP contribution >= 0.6 is 0 Å². The van der Waals surface area contributed by atoms with E-state index in [0.717, 1.165) is 30.4 Å². The molecule has 2 heterocycles. The molecule has 1 aromatic carbocycles. The summed E-state index contributed by atoms with van der Waals surface area (Å²) >= 11 is 0. The number of likely N-dealkylation sites (tertiary alicyclic amines) is 1. The molecule has 1 aliphatic heterocycles. The number of aromatic amines is 1. The van der Waals surface area contributed by atoms with E-state index in [4.69, 9.17) is 0 Å². The number of piperidine rings is 1. The van der Waals surface area contributed by atoms with Gasteiger partial charge in [-0.1, -0.05) is 12.1 Å². The molecule has 0 atom stereocenters. The van der Waals surface area contributed by atoms with Crippen LogP contribution < -0.4 is 4.72 Å². The summed E-state index contributed by atoms with van der Waals surface area (Å²) in [6.07, 6.45) is 3.02. The van der Waals surface area contributed by atoms with Crippen molar-refractivity contribution >= 4 is 21.6 Å². The van der Waals surface area contributed by atoms with E-state index in [1.165, 1.54) is 0 Å². The Hall–Kier alpha value is -2.28. The van der Waals surface area contributed by atoms with Gasteiger partial charge >= 0.3 is 0 Å². The maximum atomic E-state index is 13.2. The molecule has 0 bridgehead atoms. The monoisotopic (exact) mass is 389 g/mol. The van der Waals surface area contributed by atoms with Gasteiger partial charge in [0.05, 0.1) is 11.3 Å². The quantitative estimate of drug-likeness (QED) is 0.837. The predicted molar refractivity (Wildman–Crippen MR) is 107 cm³/mol. The molecule has 1 aliphatic rings. The molecule has 1 fully saturated rings. The van der Waals surface area contributed by atoms with Gasteiger partial charge in [0.1, 0.15) is 4.90 Å². The van der Waals surface area contributed by atoms with Gasteiger partial charge in [0.2, 0.25) is 0 Å². The van der Waals surface area contributed by atoms with Crippen molar-refractivity contribution < 1.29 is 13.2 Å². The fourth-order valence-corrected chi connectivity index (χ4v) is 5.24. The van der Waals surface area contributed by atoms with Gasteiger partial charge in [-0.15, -0.1) is 0 Å². The molecule has 1 saturated heterocycles. The number of hydrogen-bond donors (Lipinski definition) is 2. The lowest BCUT2D eigenvalue weighted by Crippen LogP contribution is -2.36. The third kappa shape index (κ3) is 3.74. The molecule has 0 saturated carbocycles. The van der Waals surface area contributed by atoms with Crippen LogP contribution in [0.5, 0.6) is 0 Å².